The summed E-state index contributed by atoms with van der Waals surface area (Å²) in [6.07, 6.45) is 71.1. The number of ether oxygens (including phenoxy) is 3. The molecule has 1 amide bonds. The van der Waals surface area contributed by atoms with Crippen LogP contribution in [0, 0.1) is 0 Å². The number of aliphatic hydroxyl groups is 5. The summed E-state index contributed by atoms with van der Waals surface area (Å²) in [4.78, 5) is 26.7. The zero-order valence-electron chi connectivity index (χ0n) is 56.6. The molecule has 508 valence electrons. The van der Waals surface area contributed by atoms with Gasteiger partial charge < -0.3 is 45.1 Å². The van der Waals surface area contributed by atoms with Crippen LogP contribution < -0.4 is 5.32 Å². The maximum Gasteiger partial charge on any atom is 0.306 e. The van der Waals surface area contributed by atoms with E-state index in [2.05, 4.69) is 74.7 Å². The SMILES string of the molecule is CCCCC/C=C\C/C=C\C/C=C\C/C=C\CCCCCCCCCC(=O)OC1C(OCC(NC(=O)C(O)CCCCCCCCCCCCCCCCCCCCCCCC)C(O)/C=C/CCCCCCCCCCCCC)OC(CO)C(O)C1O. The van der Waals surface area contributed by atoms with E-state index in [1.165, 1.54) is 199 Å². The van der Waals surface area contributed by atoms with Crippen molar-refractivity contribution < 1.29 is 49.3 Å². The normalized spacial score (nSPS) is 18.6. The summed E-state index contributed by atoms with van der Waals surface area (Å²) < 4.78 is 17.7. The number of carbonyl (C=O) groups is 2. The lowest BCUT2D eigenvalue weighted by Crippen LogP contribution is -2.61. The molecule has 6 N–H and O–H groups in total. The van der Waals surface area contributed by atoms with Gasteiger partial charge in [0.1, 0.15) is 24.4 Å². The third-order valence-corrected chi connectivity index (χ3v) is 17.4. The number of nitrogens with one attached hydrogen (secondary N) is 1. The number of carbonyl (C=O) groups excluding carboxylic acids is 2. The summed E-state index contributed by atoms with van der Waals surface area (Å²) in [6.45, 7) is 5.81. The molecule has 0 saturated carbocycles. The largest absolute Gasteiger partial charge is 0.454 e. The number of unbranched alkanes of at least 4 members (excludes halogenated alkanes) is 42. The third-order valence-electron chi connectivity index (χ3n) is 17.4. The molecule has 1 aliphatic heterocycles. The molecule has 0 bridgehead atoms. The number of hydrogen-bond acceptors (Lipinski definition) is 10. The Morgan fingerprint density at radius 1 is 0.448 bits per heavy atom. The predicted molar refractivity (Wildman–Crippen MR) is 366 cm³/mol. The lowest BCUT2D eigenvalue weighted by Gasteiger charge is -2.41. The molecule has 1 fully saturated rings. The number of rotatable bonds is 64. The summed E-state index contributed by atoms with van der Waals surface area (Å²) in [6, 6.07) is -1.03. The van der Waals surface area contributed by atoms with E-state index >= 15 is 0 Å². The van der Waals surface area contributed by atoms with Gasteiger partial charge >= 0.3 is 5.97 Å². The van der Waals surface area contributed by atoms with E-state index < -0.39 is 67.4 Å². The Hall–Kier alpha value is -2.64. The highest BCUT2D eigenvalue weighted by molar-refractivity contribution is 5.80. The van der Waals surface area contributed by atoms with Crippen LogP contribution in [0.5, 0.6) is 0 Å². The average molecular weight is 1230 g/mol. The van der Waals surface area contributed by atoms with Gasteiger partial charge in [-0.15, -0.1) is 0 Å². The molecule has 11 nitrogen and oxygen atoms in total. The van der Waals surface area contributed by atoms with Crippen molar-refractivity contribution in [2.24, 2.45) is 0 Å². The van der Waals surface area contributed by atoms with Gasteiger partial charge in [-0.1, -0.05) is 332 Å². The Morgan fingerprint density at radius 3 is 1.21 bits per heavy atom. The summed E-state index contributed by atoms with van der Waals surface area (Å²) >= 11 is 0. The van der Waals surface area contributed by atoms with Crippen LogP contribution in [0.3, 0.4) is 0 Å². The fourth-order valence-electron chi connectivity index (χ4n) is 11.6. The Labute approximate surface area is 535 Å². The van der Waals surface area contributed by atoms with Crippen molar-refractivity contribution in [3.63, 3.8) is 0 Å². The molecular weight excluding hydrogens is 1090 g/mol. The van der Waals surface area contributed by atoms with E-state index in [4.69, 9.17) is 14.2 Å². The maximum atomic E-state index is 13.5. The van der Waals surface area contributed by atoms with Crippen LogP contribution in [0.2, 0.25) is 0 Å². The summed E-state index contributed by atoms with van der Waals surface area (Å²) in [5, 5.41) is 57.3. The fourth-order valence-corrected chi connectivity index (χ4v) is 11.6. The highest BCUT2D eigenvalue weighted by Crippen LogP contribution is 2.26. The standard InChI is InChI=1S/C76H139NO10/c1-4-7-10-13-16-19-22-25-27-29-31-33-35-37-39-41-43-46-49-52-55-58-61-64-71(81)87-74-73(83)72(82)70(65-78)86-76(74)85-66-67(68(79)62-59-56-53-50-47-44-24-21-18-15-12-9-6-3)77-75(84)69(80)63-60-57-54-51-48-45-42-40-38-36-34-32-30-28-26-23-20-17-14-11-8-5-2/h16,19,25,27,31,33,37,39,59,62,67-70,72-74,76,78-80,82-83H,4-15,17-18,20-24,26,28-30,32,34-36,38,40-58,60-61,63-66H2,1-3H3,(H,77,84)/b19-16-,27-25-,33-31-,39-37-,62-59+. The minimum atomic E-state index is -1.62. The molecule has 0 spiro atoms. The van der Waals surface area contributed by atoms with Crippen molar-refractivity contribution in [2.75, 3.05) is 13.2 Å². The van der Waals surface area contributed by atoms with Crippen molar-refractivity contribution in [3.05, 3.63) is 60.8 Å². The molecule has 1 aliphatic rings. The van der Waals surface area contributed by atoms with Crippen LogP contribution in [0.25, 0.3) is 0 Å². The Morgan fingerprint density at radius 2 is 0.793 bits per heavy atom. The van der Waals surface area contributed by atoms with Crippen molar-refractivity contribution >= 4 is 11.9 Å². The molecule has 1 rings (SSSR count). The minimum Gasteiger partial charge on any atom is -0.454 e. The average Bonchev–Trinajstić information content (AvgIpc) is 2.32. The van der Waals surface area contributed by atoms with Gasteiger partial charge in [0, 0.05) is 6.42 Å². The Balaban J connectivity index is 2.58. The van der Waals surface area contributed by atoms with Gasteiger partial charge in [-0.05, 0) is 70.6 Å². The van der Waals surface area contributed by atoms with E-state index in [-0.39, 0.29) is 13.0 Å². The molecule has 11 heteroatoms. The molecule has 1 saturated heterocycles. The smallest absolute Gasteiger partial charge is 0.306 e. The highest BCUT2D eigenvalue weighted by Gasteiger charge is 2.47. The Kier molecular flexibility index (Phi) is 60.1. The van der Waals surface area contributed by atoms with E-state index in [9.17, 15) is 35.1 Å². The van der Waals surface area contributed by atoms with Crippen LogP contribution >= 0.6 is 0 Å². The molecule has 0 aromatic heterocycles. The fraction of sp³-hybridized carbons (Fsp3) is 0.842. The molecule has 1 heterocycles. The van der Waals surface area contributed by atoms with Crippen LogP contribution in [0.1, 0.15) is 348 Å². The number of hydrogen-bond donors (Lipinski definition) is 6. The van der Waals surface area contributed by atoms with Gasteiger partial charge in [0.2, 0.25) is 5.91 Å². The number of esters is 1. The quantitative estimate of drug-likeness (QED) is 0.0195. The lowest BCUT2D eigenvalue weighted by molar-refractivity contribution is -0.305. The van der Waals surface area contributed by atoms with E-state index in [0.717, 1.165) is 103 Å². The van der Waals surface area contributed by atoms with E-state index in [1.54, 1.807) is 6.08 Å². The van der Waals surface area contributed by atoms with Crippen molar-refractivity contribution in [2.45, 2.75) is 397 Å². The van der Waals surface area contributed by atoms with Gasteiger partial charge in [-0.3, -0.25) is 9.59 Å². The van der Waals surface area contributed by atoms with Crippen LogP contribution in [0.15, 0.2) is 60.8 Å². The van der Waals surface area contributed by atoms with Crippen molar-refractivity contribution in [3.8, 4) is 0 Å². The first kappa shape index (κ1) is 82.4. The molecule has 0 aromatic rings. The van der Waals surface area contributed by atoms with Crippen molar-refractivity contribution in [1.82, 2.24) is 5.32 Å². The molecule has 8 unspecified atom stereocenters. The Bertz CT molecular complexity index is 1650. The number of allylic oxidation sites excluding steroid dienone is 9. The second-order valence-corrected chi connectivity index (χ2v) is 25.7. The maximum absolute atomic E-state index is 13.5. The second-order valence-electron chi connectivity index (χ2n) is 25.7. The molecule has 0 aromatic carbocycles. The first-order chi connectivity index (χ1) is 42.7. The number of amides is 1. The molecule has 0 radical (unpaired) electrons. The third kappa shape index (κ3) is 50.7. The van der Waals surface area contributed by atoms with E-state index in [1.807, 2.05) is 6.08 Å². The zero-order chi connectivity index (χ0) is 63.1. The van der Waals surface area contributed by atoms with Crippen molar-refractivity contribution in [1.29, 1.82) is 0 Å². The first-order valence-electron chi connectivity index (χ1n) is 37.1. The lowest BCUT2D eigenvalue weighted by atomic mass is 9.99. The van der Waals surface area contributed by atoms with Gasteiger partial charge in [-0.2, -0.15) is 0 Å². The first-order valence-corrected chi connectivity index (χ1v) is 37.1. The number of aliphatic hydroxyl groups excluding tert-OH is 5. The molecule has 0 aliphatic carbocycles. The van der Waals surface area contributed by atoms with Gasteiger partial charge in [0.15, 0.2) is 12.4 Å². The van der Waals surface area contributed by atoms with Gasteiger partial charge in [0.05, 0.1) is 25.4 Å². The monoisotopic (exact) mass is 1230 g/mol. The minimum absolute atomic E-state index is 0.111. The molecule has 87 heavy (non-hydrogen) atoms. The predicted octanol–water partition coefficient (Wildman–Crippen LogP) is 19.3. The molecule has 8 atom stereocenters. The summed E-state index contributed by atoms with van der Waals surface area (Å²) in [5.74, 6) is -1.19. The van der Waals surface area contributed by atoms with Crippen LogP contribution in [-0.2, 0) is 23.8 Å². The van der Waals surface area contributed by atoms with Gasteiger partial charge in [-0.25, -0.2) is 0 Å². The van der Waals surface area contributed by atoms with E-state index in [0.29, 0.717) is 19.3 Å². The van der Waals surface area contributed by atoms with Gasteiger partial charge in [0.25, 0.3) is 0 Å². The topological polar surface area (TPSA) is 175 Å². The van der Waals surface area contributed by atoms with Crippen LogP contribution in [-0.4, -0.2) is 99.6 Å². The zero-order valence-corrected chi connectivity index (χ0v) is 56.6. The second kappa shape index (κ2) is 63.5. The molecular formula is C76H139NO10. The summed E-state index contributed by atoms with van der Waals surface area (Å²) in [5.41, 5.74) is 0. The highest BCUT2D eigenvalue weighted by atomic mass is 16.7. The summed E-state index contributed by atoms with van der Waals surface area (Å²) in [7, 11) is 0. The van der Waals surface area contributed by atoms with Crippen LogP contribution in [0.4, 0.5) is 0 Å².